The minimum Gasteiger partial charge on any atom is -0.350 e. The van der Waals surface area contributed by atoms with Gasteiger partial charge in [-0.15, -0.1) is 0 Å². The van der Waals surface area contributed by atoms with Gasteiger partial charge in [0.15, 0.2) is 5.69 Å². The van der Waals surface area contributed by atoms with Gasteiger partial charge in [0.05, 0.1) is 5.52 Å². The summed E-state index contributed by atoms with van der Waals surface area (Å²) in [5.41, 5.74) is 3.52. The second-order valence-electron chi connectivity index (χ2n) is 4.99. The SMILES string of the molecule is Cc1ccc2[nH]nc(C(=O)NCCc3cccnc3)c2c1. The van der Waals surface area contributed by atoms with Crippen LogP contribution in [0.25, 0.3) is 10.9 Å². The minimum atomic E-state index is -0.157. The Hall–Kier alpha value is -2.69. The molecule has 5 nitrogen and oxygen atoms in total. The number of benzene rings is 1. The minimum absolute atomic E-state index is 0.157. The molecular formula is C16H16N4O. The van der Waals surface area contributed by atoms with E-state index < -0.39 is 0 Å². The summed E-state index contributed by atoms with van der Waals surface area (Å²) in [6, 6.07) is 9.77. The number of aromatic amines is 1. The van der Waals surface area contributed by atoms with Crippen molar-refractivity contribution in [2.45, 2.75) is 13.3 Å². The van der Waals surface area contributed by atoms with Crippen molar-refractivity contribution in [3.63, 3.8) is 0 Å². The van der Waals surface area contributed by atoms with E-state index in [4.69, 9.17) is 0 Å². The number of rotatable bonds is 4. The zero-order chi connectivity index (χ0) is 14.7. The van der Waals surface area contributed by atoms with E-state index in [-0.39, 0.29) is 5.91 Å². The molecule has 0 unspecified atom stereocenters. The summed E-state index contributed by atoms with van der Waals surface area (Å²) in [6.07, 6.45) is 4.29. The van der Waals surface area contributed by atoms with Crippen molar-refractivity contribution in [3.05, 3.63) is 59.5 Å². The summed E-state index contributed by atoms with van der Waals surface area (Å²) in [5, 5.41) is 10.7. The Labute approximate surface area is 122 Å². The molecule has 1 aromatic carbocycles. The van der Waals surface area contributed by atoms with E-state index in [1.165, 1.54) is 0 Å². The molecule has 106 valence electrons. The number of carbonyl (C=O) groups excluding carboxylic acids is 1. The molecule has 0 fully saturated rings. The molecule has 2 N–H and O–H groups in total. The molecule has 3 rings (SSSR count). The molecule has 0 radical (unpaired) electrons. The van der Waals surface area contributed by atoms with Crippen LogP contribution in [0.3, 0.4) is 0 Å². The Kier molecular flexibility index (Phi) is 3.64. The van der Waals surface area contributed by atoms with Crippen LogP contribution in [0.1, 0.15) is 21.6 Å². The predicted molar refractivity (Wildman–Crippen MR) is 81.1 cm³/mol. The van der Waals surface area contributed by atoms with Crippen LogP contribution in [0.4, 0.5) is 0 Å². The maximum absolute atomic E-state index is 12.2. The van der Waals surface area contributed by atoms with E-state index in [1.807, 2.05) is 37.3 Å². The molecule has 0 spiro atoms. The third kappa shape index (κ3) is 2.91. The first-order chi connectivity index (χ1) is 10.2. The molecule has 0 saturated heterocycles. The summed E-state index contributed by atoms with van der Waals surface area (Å²) >= 11 is 0. The van der Waals surface area contributed by atoms with Gasteiger partial charge in [0, 0.05) is 24.3 Å². The van der Waals surface area contributed by atoms with Crippen LogP contribution < -0.4 is 5.32 Å². The number of H-pyrrole nitrogens is 1. The number of hydrogen-bond acceptors (Lipinski definition) is 3. The van der Waals surface area contributed by atoms with Gasteiger partial charge in [-0.1, -0.05) is 17.7 Å². The number of carbonyl (C=O) groups is 1. The second-order valence-corrected chi connectivity index (χ2v) is 4.99. The summed E-state index contributed by atoms with van der Waals surface area (Å²) in [5.74, 6) is -0.157. The normalized spacial score (nSPS) is 10.7. The fraction of sp³-hybridized carbons (Fsp3) is 0.188. The van der Waals surface area contributed by atoms with Crippen molar-refractivity contribution in [2.24, 2.45) is 0 Å². The third-order valence-electron chi connectivity index (χ3n) is 3.36. The first-order valence-electron chi connectivity index (χ1n) is 6.86. The monoisotopic (exact) mass is 280 g/mol. The lowest BCUT2D eigenvalue weighted by atomic mass is 10.1. The van der Waals surface area contributed by atoms with Crippen LogP contribution in [-0.2, 0) is 6.42 Å². The number of hydrogen-bond donors (Lipinski definition) is 2. The van der Waals surface area contributed by atoms with Gasteiger partial charge in [0.1, 0.15) is 0 Å². The Morgan fingerprint density at radius 2 is 2.24 bits per heavy atom. The highest BCUT2D eigenvalue weighted by molar-refractivity contribution is 6.04. The van der Waals surface area contributed by atoms with Crippen molar-refractivity contribution < 1.29 is 4.79 Å². The zero-order valence-corrected chi connectivity index (χ0v) is 11.8. The van der Waals surface area contributed by atoms with E-state index in [9.17, 15) is 4.79 Å². The van der Waals surface area contributed by atoms with Gasteiger partial charge >= 0.3 is 0 Å². The van der Waals surface area contributed by atoms with Crippen molar-refractivity contribution in [2.75, 3.05) is 6.54 Å². The molecule has 2 heterocycles. The van der Waals surface area contributed by atoms with Crippen LogP contribution in [0.15, 0.2) is 42.7 Å². The number of aryl methyl sites for hydroxylation is 1. The van der Waals surface area contributed by atoms with Gasteiger partial charge in [-0.2, -0.15) is 5.10 Å². The number of nitrogens with one attached hydrogen (secondary N) is 2. The Morgan fingerprint density at radius 3 is 3.05 bits per heavy atom. The lowest BCUT2D eigenvalue weighted by molar-refractivity contribution is 0.0950. The Balaban J connectivity index is 1.68. The van der Waals surface area contributed by atoms with Crippen molar-refractivity contribution >= 4 is 16.8 Å². The summed E-state index contributed by atoms with van der Waals surface area (Å²) < 4.78 is 0. The van der Waals surface area contributed by atoms with Gasteiger partial charge in [0.25, 0.3) is 5.91 Å². The van der Waals surface area contributed by atoms with Crippen LogP contribution in [0.2, 0.25) is 0 Å². The van der Waals surface area contributed by atoms with E-state index in [1.54, 1.807) is 12.4 Å². The third-order valence-corrected chi connectivity index (χ3v) is 3.36. The summed E-state index contributed by atoms with van der Waals surface area (Å²) in [4.78, 5) is 16.3. The van der Waals surface area contributed by atoms with Crippen molar-refractivity contribution in [3.8, 4) is 0 Å². The second kappa shape index (κ2) is 5.75. The molecule has 0 atom stereocenters. The molecule has 3 aromatic rings. The lowest BCUT2D eigenvalue weighted by Gasteiger charge is -2.03. The molecule has 2 aromatic heterocycles. The standard InChI is InChI=1S/C16H16N4O/c1-11-4-5-14-13(9-11)15(20-19-14)16(21)18-8-6-12-3-2-7-17-10-12/h2-5,7,9-10H,6,8H2,1H3,(H,18,21)(H,19,20). The average Bonchev–Trinajstić information content (AvgIpc) is 2.91. The molecule has 5 heteroatoms. The molecule has 1 amide bonds. The highest BCUT2D eigenvalue weighted by Gasteiger charge is 2.13. The lowest BCUT2D eigenvalue weighted by Crippen LogP contribution is -2.26. The number of amides is 1. The highest BCUT2D eigenvalue weighted by Crippen LogP contribution is 2.17. The summed E-state index contributed by atoms with van der Waals surface area (Å²) in [7, 11) is 0. The quantitative estimate of drug-likeness (QED) is 0.770. The molecule has 0 aliphatic heterocycles. The topological polar surface area (TPSA) is 70.7 Å². The zero-order valence-electron chi connectivity index (χ0n) is 11.8. The van der Waals surface area contributed by atoms with Crippen LogP contribution in [-0.4, -0.2) is 27.6 Å². The summed E-state index contributed by atoms with van der Waals surface area (Å²) in [6.45, 7) is 2.56. The first kappa shape index (κ1) is 13.3. The van der Waals surface area contributed by atoms with Gasteiger partial charge in [-0.05, 0) is 37.1 Å². The molecular weight excluding hydrogens is 264 g/mol. The molecule has 0 aliphatic carbocycles. The smallest absolute Gasteiger partial charge is 0.272 e. The predicted octanol–water partition coefficient (Wildman–Crippen LogP) is 2.24. The molecule has 21 heavy (non-hydrogen) atoms. The van der Waals surface area contributed by atoms with Crippen molar-refractivity contribution in [1.82, 2.24) is 20.5 Å². The molecule has 0 bridgehead atoms. The highest BCUT2D eigenvalue weighted by atomic mass is 16.1. The molecule has 0 aliphatic rings. The maximum Gasteiger partial charge on any atom is 0.272 e. The van der Waals surface area contributed by atoms with Crippen LogP contribution in [0.5, 0.6) is 0 Å². The van der Waals surface area contributed by atoms with Crippen molar-refractivity contribution in [1.29, 1.82) is 0 Å². The van der Waals surface area contributed by atoms with Gasteiger partial charge < -0.3 is 5.32 Å². The number of nitrogens with zero attached hydrogens (tertiary/aromatic N) is 2. The van der Waals surface area contributed by atoms with Gasteiger partial charge in [-0.25, -0.2) is 0 Å². The molecule has 0 saturated carbocycles. The van der Waals surface area contributed by atoms with Crippen LogP contribution >= 0.6 is 0 Å². The Morgan fingerprint density at radius 1 is 1.33 bits per heavy atom. The number of pyridine rings is 1. The van der Waals surface area contributed by atoms with Gasteiger partial charge in [-0.3, -0.25) is 14.9 Å². The van der Waals surface area contributed by atoms with E-state index in [0.29, 0.717) is 12.2 Å². The average molecular weight is 280 g/mol. The maximum atomic E-state index is 12.2. The number of aromatic nitrogens is 3. The van der Waals surface area contributed by atoms with Crippen LogP contribution in [0, 0.1) is 6.92 Å². The fourth-order valence-corrected chi connectivity index (χ4v) is 2.25. The fourth-order valence-electron chi connectivity index (χ4n) is 2.25. The number of fused-ring (bicyclic) bond motifs is 1. The van der Waals surface area contributed by atoms with E-state index >= 15 is 0 Å². The van der Waals surface area contributed by atoms with Gasteiger partial charge in [0.2, 0.25) is 0 Å². The van der Waals surface area contributed by atoms with E-state index in [0.717, 1.165) is 28.5 Å². The Bertz CT molecular complexity index is 764. The van der Waals surface area contributed by atoms with E-state index in [2.05, 4.69) is 20.5 Å². The first-order valence-corrected chi connectivity index (χ1v) is 6.86. The largest absolute Gasteiger partial charge is 0.350 e.